The van der Waals surface area contributed by atoms with E-state index in [2.05, 4.69) is 48.4 Å². The number of carbonyl (C=O) groups is 2. The first kappa shape index (κ1) is 27.3. The molecule has 2 amide bonds. The summed E-state index contributed by atoms with van der Waals surface area (Å²) in [6.07, 6.45) is 0.740. The number of methoxy groups -OCH3 is 1. The molecule has 2 N–H and O–H groups in total. The number of carbonyl (C=O) groups excluding carboxylic acids is 2. The summed E-state index contributed by atoms with van der Waals surface area (Å²) in [4.78, 5) is 34.0. The van der Waals surface area contributed by atoms with Crippen molar-refractivity contribution in [2.45, 2.75) is 38.9 Å². The highest BCUT2D eigenvalue weighted by Crippen LogP contribution is 2.47. The van der Waals surface area contributed by atoms with E-state index in [4.69, 9.17) is 4.74 Å². The van der Waals surface area contributed by atoms with E-state index in [0.717, 1.165) is 51.0 Å². The number of hydrogen-bond acceptors (Lipinski definition) is 3. The zero-order valence-corrected chi connectivity index (χ0v) is 24.1. The number of para-hydroxylation sites is 1. The second kappa shape index (κ2) is 11.6. The minimum absolute atomic E-state index is 0.0820. The van der Waals surface area contributed by atoms with Gasteiger partial charge in [0.2, 0.25) is 5.91 Å². The molecule has 3 atom stereocenters. The molecule has 6 heteroatoms. The molecule has 42 heavy (non-hydrogen) atoms. The lowest BCUT2D eigenvalue weighted by Gasteiger charge is -2.36. The number of fused-ring (bicyclic) bond motifs is 2. The Kier molecular flexibility index (Phi) is 7.53. The number of benzene rings is 4. The van der Waals surface area contributed by atoms with E-state index in [1.807, 2.05) is 83.8 Å². The van der Waals surface area contributed by atoms with E-state index < -0.39 is 12.1 Å². The van der Waals surface area contributed by atoms with Gasteiger partial charge in [-0.05, 0) is 46.9 Å². The fraction of sp³-hybridized carbons (Fsp3) is 0.222. The molecule has 0 aliphatic carbocycles. The molecule has 0 bridgehead atoms. The number of aromatic amines is 1. The van der Waals surface area contributed by atoms with Crippen LogP contribution < -0.4 is 10.1 Å². The lowest BCUT2D eigenvalue weighted by Crippen LogP contribution is -2.51. The summed E-state index contributed by atoms with van der Waals surface area (Å²) in [6, 6.07) is 32.7. The molecule has 0 fully saturated rings. The minimum Gasteiger partial charge on any atom is -0.497 e. The highest BCUT2D eigenvalue weighted by molar-refractivity contribution is 6.04. The molecule has 6 rings (SSSR count). The van der Waals surface area contributed by atoms with Crippen molar-refractivity contribution in [2.75, 3.05) is 7.11 Å². The number of amides is 2. The molecule has 2 heterocycles. The van der Waals surface area contributed by atoms with E-state index in [9.17, 15) is 9.59 Å². The standard InChI is InChI=1S/C36H35N3O3/c1-4-23(2)33(35(40)37-22-24-13-12-16-26(21-24)42-3)39-34(27-17-8-9-18-28(27)36(39)41)31-29-19-10-11-20-30(29)38-32(31)25-14-6-5-7-15-25/h5-21,23,33-34,38H,4,22H2,1-3H3,(H,37,40). The van der Waals surface area contributed by atoms with Gasteiger partial charge >= 0.3 is 0 Å². The topological polar surface area (TPSA) is 74.4 Å². The van der Waals surface area contributed by atoms with Gasteiger partial charge in [-0.1, -0.05) is 99.1 Å². The Morgan fingerprint density at radius 2 is 1.69 bits per heavy atom. The monoisotopic (exact) mass is 557 g/mol. The average Bonchev–Trinajstić information content (AvgIpc) is 3.55. The van der Waals surface area contributed by atoms with Crippen molar-refractivity contribution in [3.63, 3.8) is 0 Å². The molecule has 212 valence electrons. The number of rotatable bonds is 9. The van der Waals surface area contributed by atoms with Gasteiger partial charge in [0.15, 0.2) is 0 Å². The van der Waals surface area contributed by atoms with Crippen LogP contribution in [-0.4, -0.2) is 34.8 Å². The van der Waals surface area contributed by atoms with Gasteiger partial charge in [-0.25, -0.2) is 0 Å². The van der Waals surface area contributed by atoms with Crippen LogP contribution in [0, 0.1) is 5.92 Å². The summed E-state index contributed by atoms with van der Waals surface area (Å²) < 4.78 is 5.37. The van der Waals surface area contributed by atoms with Crippen LogP contribution in [0.5, 0.6) is 5.75 Å². The fourth-order valence-electron chi connectivity index (χ4n) is 6.16. The van der Waals surface area contributed by atoms with Crippen LogP contribution in [-0.2, 0) is 11.3 Å². The molecule has 0 radical (unpaired) electrons. The third kappa shape index (κ3) is 4.83. The number of hydrogen-bond donors (Lipinski definition) is 2. The summed E-state index contributed by atoms with van der Waals surface area (Å²) in [7, 11) is 1.63. The van der Waals surface area contributed by atoms with E-state index in [0.29, 0.717) is 12.1 Å². The Morgan fingerprint density at radius 3 is 2.48 bits per heavy atom. The predicted molar refractivity (Wildman–Crippen MR) is 166 cm³/mol. The van der Waals surface area contributed by atoms with Gasteiger partial charge in [-0.15, -0.1) is 0 Å². The maximum absolute atomic E-state index is 14.3. The molecular weight excluding hydrogens is 522 g/mol. The van der Waals surface area contributed by atoms with Crippen LogP contribution in [0.2, 0.25) is 0 Å². The molecule has 5 aromatic rings. The van der Waals surface area contributed by atoms with Gasteiger partial charge in [0.05, 0.1) is 18.8 Å². The zero-order valence-electron chi connectivity index (χ0n) is 24.1. The molecular formula is C36H35N3O3. The van der Waals surface area contributed by atoms with Crippen LogP contribution in [0.1, 0.15) is 53.4 Å². The van der Waals surface area contributed by atoms with Crippen molar-refractivity contribution in [3.8, 4) is 17.0 Å². The Hall–Kier alpha value is -4.84. The van der Waals surface area contributed by atoms with Gasteiger partial charge < -0.3 is 19.9 Å². The first-order valence-corrected chi connectivity index (χ1v) is 14.5. The molecule has 4 aromatic carbocycles. The molecule has 1 aromatic heterocycles. The zero-order chi connectivity index (χ0) is 29.2. The smallest absolute Gasteiger partial charge is 0.255 e. The lowest BCUT2D eigenvalue weighted by atomic mass is 9.90. The van der Waals surface area contributed by atoms with Crippen molar-refractivity contribution in [2.24, 2.45) is 5.92 Å². The van der Waals surface area contributed by atoms with Crippen molar-refractivity contribution in [1.29, 1.82) is 0 Å². The summed E-state index contributed by atoms with van der Waals surface area (Å²) in [5.41, 5.74) is 6.47. The van der Waals surface area contributed by atoms with Crippen LogP contribution >= 0.6 is 0 Å². The number of nitrogens with one attached hydrogen (secondary N) is 2. The summed E-state index contributed by atoms with van der Waals surface area (Å²) >= 11 is 0. The molecule has 1 aliphatic rings. The Bertz CT molecular complexity index is 1740. The summed E-state index contributed by atoms with van der Waals surface area (Å²) in [6.45, 7) is 4.46. The van der Waals surface area contributed by atoms with Gasteiger partial charge in [0, 0.05) is 28.6 Å². The molecule has 0 spiro atoms. The van der Waals surface area contributed by atoms with Crippen LogP contribution in [0.4, 0.5) is 0 Å². The van der Waals surface area contributed by atoms with E-state index in [1.165, 1.54) is 0 Å². The molecule has 3 unspecified atom stereocenters. The van der Waals surface area contributed by atoms with Crippen LogP contribution in [0.25, 0.3) is 22.2 Å². The van der Waals surface area contributed by atoms with E-state index >= 15 is 0 Å². The third-order valence-corrected chi connectivity index (χ3v) is 8.43. The number of nitrogens with zero attached hydrogens (tertiary/aromatic N) is 1. The molecule has 1 aliphatic heterocycles. The van der Waals surface area contributed by atoms with E-state index in [-0.39, 0.29) is 17.7 Å². The summed E-state index contributed by atoms with van der Waals surface area (Å²) in [5.74, 6) is 0.362. The van der Waals surface area contributed by atoms with Crippen molar-refractivity contribution in [3.05, 3.63) is 125 Å². The molecule has 0 saturated heterocycles. The second-order valence-electron chi connectivity index (χ2n) is 10.9. The van der Waals surface area contributed by atoms with E-state index in [1.54, 1.807) is 7.11 Å². The van der Waals surface area contributed by atoms with Gasteiger partial charge in [0.1, 0.15) is 11.8 Å². The number of H-pyrrole nitrogens is 1. The highest BCUT2D eigenvalue weighted by atomic mass is 16.5. The van der Waals surface area contributed by atoms with Crippen molar-refractivity contribution >= 4 is 22.7 Å². The second-order valence-corrected chi connectivity index (χ2v) is 10.9. The van der Waals surface area contributed by atoms with Crippen molar-refractivity contribution < 1.29 is 14.3 Å². The maximum atomic E-state index is 14.3. The Balaban J connectivity index is 1.48. The first-order chi connectivity index (χ1) is 20.5. The first-order valence-electron chi connectivity index (χ1n) is 14.5. The SMILES string of the molecule is CCC(C)C(C(=O)NCc1cccc(OC)c1)N1C(=O)c2ccccc2C1c1c(-c2ccccc2)[nH]c2ccccc12. The normalized spacial score (nSPS) is 15.8. The predicted octanol–water partition coefficient (Wildman–Crippen LogP) is 7.12. The minimum atomic E-state index is -0.678. The van der Waals surface area contributed by atoms with Crippen LogP contribution in [0.15, 0.2) is 103 Å². The fourth-order valence-corrected chi connectivity index (χ4v) is 6.16. The number of aromatic nitrogens is 1. The maximum Gasteiger partial charge on any atom is 0.255 e. The van der Waals surface area contributed by atoms with Gasteiger partial charge in [-0.3, -0.25) is 9.59 Å². The van der Waals surface area contributed by atoms with Gasteiger partial charge in [0.25, 0.3) is 5.91 Å². The molecule has 0 saturated carbocycles. The quantitative estimate of drug-likeness (QED) is 0.203. The largest absolute Gasteiger partial charge is 0.497 e. The Morgan fingerprint density at radius 1 is 0.952 bits per heavy atom. The Labute approximate surface area is 246 Å². The lowest BCUT2D eigenvalue weighted by molar-refractivity contribution is -0.128. The third-order valence-electron chi connectivity index (χ3n) is 8.43. The highest BCUT2D eigenvalue weighted by Gasteiger charge is 2.47. The number of ether oxygens (including phenoxy) is 1. The van der Waals surface area contributed by atoms with Crippen molar-refractivity contribution in [1.82, 2.24) is 15.2 Å². The van der Waals surface area contributed by atoms with Crippen LogP contribution in [0.3, 0.4) is 0 Å². The molecule has 6 nitrogen and oxygen atoms in total. The summed E-state index contributed by atoms with van der Waals surface area (Å²) in [5, 5.41) is 4.18. The van der Waals surface area contributed by atoms with Gasteiger partial charge in [-0.2, -0.15) is 0 Å². The average molecular weight is 558 g/mol.